The molecular weight excluding hydrogens is 384 g/mol. The van der Waals surface area contributed by atoms with E-state index in [2.05, 4.69) is 15.6 Å². The summed E-state index contributed by atoms with van der Waals surface area (Å²) in [5, 5.41) is 10.4. The summed E-state index contributed by atoms with van der Waals surface area (Å²) in [6.45, 7) is 0.961. The van der Waals surface area contributed by atoms with E-state index in [4.69, 9.17) is 4.74 Å². The summed E-state index contributed by atoms with van der Waals surface area (Å²) in [6.07, 6.45) is 0.590. The number of hydrogen-bond acceptors (Lipinski definition) is 5. The smallest absolute Gasteiger partial charge is 0.273 e. The van der Waals surface area contributed by atoms with Gasteiger partial charge in [-0.25, -0.2) is 13.5 Å². The van der Waals surface area contributed by atoms with E-state index in [0.717, 1.165) is 0 Å². The summed E-state index contributed by atoms with van der Waals surface area (Å²) in [5.41, 5.74) is 0.799. The van der Waals surface area contributed by atoms with Crippen LogP contribution in [0.25, 0.3) is 0 Å². The molecule has 1 saturated heterocycles. The molecule has 1 fully saturated rings. The Morgan fingerprint density at radius 2 is 2.07 bits per heavy atom. The predicted molar refractivity (Wildman–Crippen MR) is 99.3 cm³/mol. The number of aromatic nitrogens is 3. The lowest BCUT2D eigenvalue weighted by atomic mass is 10.1. The van der Waals surface area contributed by atoms with E-state index in [1.807, 2.05) is 0 Å². The molecule has 1 aromatic carbocycles. The Labute approximate surface area is 166 Å². The number of amides is 2. The van der Waals surface area contributed by atoms with Gasteiger partial charge in [0, 0.05) is 20.1 Å². The van der Waals surface area contributed by atoms with Crippen LogP contribution in [0.2, 0.25) is 0 Å². The Bertz CT molecular complexity index is 843. The molecule has 2 heterocycles. The van der Waals surface area contributed by atoms with E-state index < -0.39 is 12.2 Å². The fourth-order valence-corrected chi connectivity index (χ4v) is 3.28. The second kappa shape index (κ2) is 9.55. The van der Waals surface area contributed by atoms with Gasteiger partial charge in [-0.1, -0.05) is 17.3 Å². The first-order chi connectivity index (χ1) is 14.0. The molecule has 0 bridgehead atoms. The van der Waals surface area contributed by atoms with Crippen molar-refractivity contribution in [3.63, 3.8) is 0 Å². The van der Waals surface area contributed by atoms with Gasteiger partial charge < -0.3 is 15.0 Å². The molecule has 29 heavy (non-hydrogen) atoms. The molecular formula is C19H23F2N5O3. The Kier molecular flexibility index (Phi) is 6.86. The molecule has 8 nitrogen and oxygen atoms in total. The Balaban J connectivity index is 1.61. The van der Waals surface area contributed by atoms with E-state index in [1.165, 1.54) is 47.2 Å². The number of hydrogen-bond donors (Lipinski definition) is 1. The average molecular weight is 407 g/mol. The second-order valence-electron chi connectivity index (χ2n) is 6.91. The Hall–Kier alpha value is -2.88. The number of likely N-dealkylation sites (tertiary alicyclic amines) is 1. The first-order valence-electron chi connectivity index (χ1n) is 9.31. The van der Waals surface area contributed by atoms with Crippen LogP contribution in [0.5, 0.6) is 0 Å². The number of nitrogens with zero attached hydrogens (tertiary/aromatic N) is 4. The quantitative estimate of drug-likeness (QED) is 0.659. The Morgan fingerprint density at radius 3 is 2.79 bits per heavy atom. The first-order valence-corrected chi connectivity index (χ1v) is 9.31. The van der Waals surface area contributed by atoms with Crippen molar-refractivity contribution in [1.29, 1.82) is 0 Å². The molecule has 0 radical (unpaired) electrons. The van der Waals surface area contributed by atoms with Crippen molar-refractivity contribution in [3.05, 3.63) is 47.5 Å². The summed E-state index contributed by atoms with van der Waals surface area (Å²) in [4.78, 5) is 26.1. The van der Waals surface area contributed by atoms with Crippen LogP contribution in [0.3, 0.4) is 0 Å². The van der Waals surface area contributed by atoms with E-state index in [-0.39, 0.29) is 49.3 Å². The minimum atomic E-state index is -1.13. The topological polar surface area (TPSA) is 89.4 Å². The number of alkyl halides is 1. The standard InChI is InChI=1S/C19H23F2N5O3/c1-29-7-6-22-19(28)17-12-25(24-23-17)11-16-9-15(21)10-26(16)18(27)8-13-2-4-14(20)5-3-13/h2-5,12,15-16H,6-11H2,1H3,(H,22,28)/t15-,16-/m0/s1. The first kappa shape index (κ1) is 20.8. The predicted octanol–water partition coefficient (Wildman–Crippen LogP) is 0.975. The van der Waals surface area contributed by atoms with E-state index in [9.17, 15) is 18.4 Å². The van der Waals surface area contributed by atoms with Crippen molar-refractivity contribution in [1.82, 2.24) is 25.2 Å². The average Bonchev–Trinajstić information content (AvgIpc) is 3.30. The van der Waals surface area contributed by atoms with E-state index in [1.54, 1.807) is 0 Å². The minimum Gasteiger partial charge on any atom is -0.383 e. The zero-order valence-electron chi connectivity index (χ0n) is 16.1. The summed E-state index contributed by atoms with van der Waals surface area (Å²) in [7, 11) is 1.53. The van der Waals surface area contributed by atoms with Gasteiger partial charge in [0.2, 0.25) is 5.91 Å². The van der Waals surface area contributed by atoms with Gasteiger partial charge in [-0.05, 0) is 17.7 Å². The van der Waals surface area contributed by atoms with Crippen molar-refractivity contribution in [2.45, 2.75) is 31.6 Å². The van der Waals surface area contributed by atoms with Gasteiger partial charge in [-0.3, -0.25) is 9.59 Å². The molecule has 0 aliphatic carbocycles. The van der Waals surface area contributed by atoms with Gasteiger partial charge in [0.1, 0.15) is 12.0 Å². The van der Waals surface area contributed by atoms with Crippen molar-refractivity contribution in [2.75, 3.05) is 26.8 Å². The molecule has 2 atom stereocenters. The zero-order chi connectivity index (χ0) is 20.8. The fourth-order valence-electron chi connectivity index (χ4n) is 3.28. The highest BCUT2D eigenvalue weighted by atomic mass is 19.1. The molecule has 1 aliphatic heterocycles. The van der Waals surface area contributed by atoms with Gasteiger partial charge in [-0.2, -0.15) is 0 Å². The molecule has 0 unspecified atom stereocenters. The molecule has 1 aromatic heterocycles. The molecule has 10 heteroatoms. The van der Waals surface area contributed by atoms with Crippen LogP contribution < -0.4 is 5.32 Å². The third-order valence-electron chi connectivity index (χ3n) is 4.71. The second-order valence-corrected chi connectivity index (χ2v) is 6.91. The third-order valence-corrected chi connectivity index (χ3v) is 4.71. The number of methoxy groups -OCH3 is 1. The van der Waals surface area contributed by atoms with Gasteiger partial charge in [0.15, 0.2) is 5.69 Å². The van der Waals surface area contributed by atoms with Crippen LogP contribution in [0.1, 0.15) is 22.5 Å². The summed E-state index contributed by atoms with van der Waals surface area (Å²) in [6, 6.07) is 5.26. The number of rotatable bonds is 8. The molecule has 3 rings (SSSR count). The van der Waals surface area contributed by atoms with Crippen molar-refractivity contribution < 1.29 is 23.1 Å². The minimum absolute atomic E-state index is 0.00372. The molecule has 2 amide bonds. The maximum Gasteiger partial charge on any atom is 0.273 e. The SMILES string of the molecule is COCCNC(=O)c1cn(C[C@@H]2C[C@H](F)CN2C(=O)Cc2ccc(F)cc2)nn1. The third kappa shape index (κ3) is 5.57. The maximum atomic E-state index is 14.0. The van der Waals surface area contributed by atoms with Crippen molar-refractivity contribution >= 4 is 11.8 Å². The molecule has 1 N–H and O–H groups in total. The number of nitrogens with one attached hydrogen (secondary N) is 1. The summed E-state index contributed by atoms with van der Waals surface area (Å²) < 4.78 is 33.4. The Morgan fingerprint density at radius 1 is 1.31 bits per heavy atom. The molecule has 0 spiro atoms. The molecule has 0 saturated carbocycles. The highest BCUT2D eigenvalue weighted by Crippen LogP contribution is 2.23. The van der Waals surface area contributed by atoms with E-state index >= 15 is 0 Å². The lowest BCUT2D eigenvalue weighted by molar-refractivity contribution is -0.131. The van der Waals surface area contributed by atoms with Gasteiger partial charge in [0.05, 0.1) is 38.4 Å². The van der Waals surface area contributed by atoms with Crippen LogP contribution in [-0.2, 0) is 22.5 Å². The van der Waals surface area contributed by atoms with E-state index in [0.29, 0.717) is 18.7 Å². The van der Waals surface area contributed by atoms with Crippen molar-refractivity contribution in [3.8, 4) is 0 Å². The number of halogens is 2. The monoisotopic (exact) mass is 407 g/mol. The summed E-state index contributed by atoms with van der Waals surface area (Å²) in [5.74, 6) is -0.996. The molecule has 2 aromatic rings. The van der Waals surface area contributed by atoms with Crippen molar-refractivity contribution in [2.24, 2.45) is 0 Å². The van der Waals surface area contributed by atoms with Crippen LogP contribution in [-0.4, -0.2) is 70.7 Å². The van der Waals surface area contributed by atoms with Crippen LogP contribution in [0, 0.1) is 5.82 Å². The largest absolute Gasteiger partial charge is 0.383 e. The summed E-state index contributed by atoms with van der Waals surface area (Å²) >= 11 is 0. The van der Waals surface area contributed by atoms with Crippen LogP contribution in [0.4, 0.5) is 8.78 Å². The fraction of sp³-hybridized carbons (Fsp3) is 0.474. The number of carbonyl (C=O) groups excluding carboxylic acids is 2. The lowest BCUT2D eigenvalue weighted by Crippen LogP contribution is -2.39. The van der Waals surface area contributed by atoms with Gasteiger partial charge >= 0.3 is 0 Å². The van der Waals surface area contributed by atoms with Gasteiger partial charge in [0.25, 0.3) is 5.91 Å². The van der Waals surface area contributed by atoms with Crippen LogP contribution >= 0.6 is 0 Å². The number of ether oxygens (including phenoxy) is 1. The van der Waals surface area contributed by atoms with Gasteiger partial charge in [-0.15, -0.1) is 5.10 Å². The lowest BCUT2D eigenvalue weighted by Gasteiger charge is -2.24. The van der Waals surface area contributed by atoms with Crippen LogP contribution in [0.15, 0.2) is 30.5 Å². The maximum absolute atomic E-state index is 14.0. The number of benzene rings is 1. The number of carbonyl (C=O) groups is 2. The highest BCUT2D eigenvalue weighted by Gasteiger charge is 2.35. The molecule has 156 valence electrons. The molecule has 1 aliphatic rings. The highest BCUT2D eigenvalue weighted by molar-refractivity contribution is 5.91. The normalized spacial score (nSPS) is 18.8. The zero-order valence-corrected chi connectivity index (χ0v) is 16.1.